The van der Waals surface area contributed by atoms with Crippen molar-refractivity contribution in [3.05, 3.63) is 16.4 Å². The molecule has 2 rings (SSSR count). The first-order valence-electron chi connectivity index (χ1n) is 6.06. The third kappa shape index (κ3) is 2.99. The molecule has 0 aliphatic carbocycles. The molecule has 0 spiro atoms. The Hall–Kier alpha value is -2.49. The van der Waals surface area contributed by atoms with Gasteiger partial charge in [0.15, 0.2) is 6.10 Å². The summed E-state index contributed by atoms with van der Waals surface area (Å²) in [5, 5.41) is 11.2. The number of nitrogens with zero attached hydrogens (tertiary/aromatic N) is 4. The maximum atomic E-state index is 11.5. The number of methoxy groups -OCH3 is 2. The van der Waals surface area contributed by atoms with Gasteiger partial charge >= 0.3 is 11.7 Å². The van der Waals surface area contributed by atoms with Crippen LogP contribution in [0.25, 0.3) is 0 Å². The van der Waals surface area contributed by atoms with E-state index < -0.39 is 17.0 Å². The van der Waals surface area contributed by atoms with Gasteiger partial charge in [0, 0.05) is 6.54 Å². The summed E-state index contributed by atoms with van der Waals surface area (Å²) in [6.45, 7) is 0.686. The Kier molecular flexibility index (Phi) is 4.48. The highest BCUT2D eigenvalue weighted by Crippen LogP contribution is 2.33. The van der Waals surface area contributed by atoms with Crippen molar-refractivity contribution in [2.24, 2.45) is 0 Å². The highest BCUT2D eigenvalue weighted by atomic mass is 16.6. The van der Waals surface area contributed by atoms with E-state index in [1.807, 2.05) is 0 Å². The molecule has 1 atom stereocenters. The van der Waals surface area contributed by atoms with Crippen molar-refractivity contribution in [2.45, 2.75) is 6.10 Å². The Morgan fingerprint density at radius 2 is 2.29 bits per heavy atom. The van der Waals surface area contributed by atoms with Crippen LogP contribution in [0.3, 0.4) is 0 Å². The van der Waals surface area contributed by atoms with Crippen molar-refractivity contribution in [3.63, 3.8) is 0 Å². The van der Waals surface area contributed by atoms with E-state index in [-0.39, 0.29) is 30.5 Å². The molecule has 10 nitrogen and oxygen atoms in total. The predicted molar refractivity (Wildman–Crippen MR) is 69.2 cm³/mol. The van der Waals surface area contributed by atoms with Crippen LogP contribution in [0.15, 0.2) is 6.33 Å². The van der Waals surface area contributed by atoms with Crippen LogP contribution in [0, 0.1) is 10.1 Å². The highest BCUT2D eigenvalue weighted by Gasteiger charge is 2.34. The highest BCUT2D eigenvalue weighted by molar-refractivity contribution is 5.76. The van der Waals surface area contributed by atoms with Gasteiger partial charge in [-0.25, -0.2) is 9.78 Å². The molecule has 1 aliphatic rings. The lowest BCUT2D eigenvalue weighted by atomic mass is 10.2. The molecule has 0 amide bonds. The zero-order valence-electron chi connectivity index (χ0n) is 11.5. The topological polar surface area (TPSA) is 117 Å². The van der Waals surface area contributed by atoms with Gasteiger partial charge in [-0.2, -0.15) is 4.98 Å². The molecule has 1 saturated heterocycles. The van der Waals surface area contributed by atoms with E-state index in [4.69, 9.17) is 9.47 Å². The van der Waals surface area contributed by atoms with Crippen LogP contribution >= 0.6 is 0 Å². The predicted octanol–water partition coefficient (Wildman–Crippen LogP) is -0.228. The second-order valence-electron chi connectivity index (χ2n) is 4.14. The average molecular weight is 298 g/mol. The zero-order valence-corrected chi connectivity index (χ0v) is 11.5. The molecule has 2 heterocycles. The molecular weight excluding hydrogens is 284 g/mol. The second-order valence-corrected chi connectivity index (χ2v) is 4.14. The van der Waals surface area contributed by atoms with Crippen LogP contribution in [-0.2, 0) is 14.3 Å². The summed E-state index contributed by atoms with van der Waals surface area (Å²) < 4.78 is 14.8. The number of carbonyl (C=O) groups is 1. The number of hydrogen-bond donors (Lipinski definition) is 0. The molecule has 1 aromatic rings. The fourth-order valence-electron chi connectivity index (χ4n) is 2.01. The number of aromatic nitrogens is 2. The Labute approximate surface area is 119 Å². The van der Waals surface area contributed by atoms with E-state index >= 15 is 0 Å². The summed E-state index contributed by atoms with van der Waals surface area (Å²) in [6.07, 6.45) is 0.355. The minimum absolute atomic E-state index is 0.0871. The van der Waals surface area contributed by atoms with E-state index in [1.165, 1.54) is 20.5 Å². The summed E-state index contributed by atoms with van der Waals surface area (Å²) in [6, 6.07) is 0. The number of ether oxygens (including phenoxy) is 3. The molecule has 10 heteroatoms. The van der Waals surface area contributed by atoms with Gasteiger partial charge in [0.25, 0.3) is 5.88 Å². The van der Waals surface area contributed by atoms with Crippen LogP contribution in [0.4, 0.5) is 11.5 Å². The van der Waals surface area contributed by atoms with Crippen LogP contribution in [0.5, 0.6) is 5.88 Å². The molecular formula is C11H14N4O6. The molecule has 1 unspecified atom stereocenters. The van der Waals surface area contributed by atoms with Gasteiger partial charge in [-0.1, -0.05) is 0 Å². The Balaban J connectivity index is 2.33. The average Bonchev–Trinajstić information content (AvgIpc) is 2.53. The van der Waals surface area contributed by atoms with E-state index in [2.05, 4.69) is 14.7 Å². The third-order valence-corrected chi connectivity index (χ3v) is 2.98. The Bertz CT molecular complexity index is 552. The van der Waals surface area contributed by atoms with E-state index in [0.29, 0.717) is 6.54 Å². The number of nitro groups is 1. The first-order valence-corrected chi connectivity index (χ1v) is 6.06. The number of morpholine rings is 1. The number of hydrogen-bond acceptors (Lipinski definition) is 9. The summed E-state index contributed by atoms with van der Waals surface area (Å²) in [5.74, 6) is -0.585. The van der Waals surface area contributed by atoms with Crippen LogP contribution in [0.1, 0.15) is 0 Å². The molecule has 21 heavy (non-hydrogen) atoms. The molecule has 1 fully saturated rings. The van der Waals surface area contributed by atoms with Crippen molar-refractivity contribution >= 4 is 17.5 Å². The monoisotopic (exact) mass is 298 g/mol. The fourth-order valence-corrected chi connectivity index (χ4v) is 2.01. The van der Waals surface area contributed by atoms with E-state index in [9.17, 15) is 14.9 Å². The third-order valence-electron chi connectivity index (χ3n) is 2.98. The van der Waals surface area contributed by atoms with E-state index in [1.54, 1.807) is 4.90 Å². The number of anilines is 1. The maximum Gasteiger partial charge on any atom is 0.372 e. The van der Waals surface area contributed by atoms with E-state index in [0.717, 1.165) is 0 Å². The summed E-state index contributed by atoms with van der Waals surface area (Å²) in [5.41, 5.74) is -0.342. The van der Waals surface area contributed by atoms with Crippen molar-refractivity contribution in [2.75, 3.05) is 38.8 Å². The van der Waals surface area contributed by atoms with Gasteiger partial charge in [0.1, 0.15) is 6.33 Å². The van der Waals surface area contributed by atoms with Gasteiger partial charge in [0.2, 0.25) is 5.82 Å². The first kappa shape index (κ1) is 14.9. The van der Waals surface area contributed by atoms with Crippen molar-refractivity contribution < 1.29 is 23.9 Å². The molecule has 114 valence electrons. The zero-order chi connectivity index (χ0) is 15.4. The van der Waals surface area contributed by atoms with Crippen LogP contribution < -0.4 is 9.64 Å². The van der Waals surface area contributed by atoms with Crippen LogP contribution in [0.2, 0.25) is 0 Å². The molecule has 0 N–H and O–H groups in total. The standard InChI is InChI=1S/C11H14N4O6/c1-19-10-8(15(17)18)9(12-6-13-10)14-3-4-21-7(5-14)11(16)20-2/h6-7H,3-5H2,1-2H3. The maximum absolute atomic E-state index is 11.5. The molecule has 0 aromatic carbocycles. The quantitative estimate of drug-likeness (QED) is 0.422. The smallest absolute Gasteiger partial charge is 0.372 e. The first-order chi connectivity index (χ1) is 10.1. The van der Waals surface area contributed by atoms with Gasteiger partial charge in [-0.3, -0.25) is 10.1 Å². The Morgan fingerprint density at radius 3 is 2.90 bits per heavy atom. The van der Waals surface area contributed by atoms with Crippen molar-refractivity contribution in [1.82, 2.24) is 9.97 Å². The Morgan fingerprint density at radius 1 is 1.52 bits per heavy atom. The lowest BCUT2D eigenvalue weighted by Crippen LogP contribution is -2.47. The SMILES string of the molecule is COC(=O)C1CN(c2ncnc(OC)c2[N+](=O)[O-])CCO1. The number of carbonyl (C=O) groups excluding carboxylic acids is 1. The molecule has 1 aromatic heterocycles. The minimum Gasteiger partial charge on any atom is -0.476 e. The van der Waals surface area contributed by atoms with Gasteiger partial charge in [-0.15, -0.1) is 0 Å². The van der Waals surface area contributed by atoms with Crippen molar-refractivity contribution in [3.8, 4) is 5.88 Å². The lowest BCUT2D eigenvalue weighted by molar-refractivity contribution is -0.385. The molecule has 0 radical (unpaired) electrons. The number of rotatable bonds is 4. The summed E-state index contributed by atoms with van der Waals surface area (Å²) in [7, 11) is 2.54. The second kappa shape index (κ2) is 6.31. The number of esters is 1. The van der Waals surface area contributed by atoms with Crippen LogP contribution in [-0.4, -0.2) is 60.9 Å². The molecule has 0 saturated carbocycles. The van der Waals surface area contributed by atoms with Gasteiger partial charge in [0.05, 0.1) is 32.3 Å². The lowest BCUT2D eigenvalue weighted by Gasteiger charge is -2.31. The summed E-state index contributed by atoms with van der Waals surface area (Å²) in [4.78, 5) is 31.4. The summed E-state index contributed by atoms with van der Waals surface area (Å²) >= 11 is 0. The molecule has 1 aliphatic heterocycles. The fraction of sp³-hybridized carbons (Fsp3) is 0.545. The van der Waals surface area contributed by atoms with Gasteiger partial charge in [-0.05, 0) is 0 Å². The molecule has 0 bridgehead atoms. The normalized spacial score (nSPS) is 18.2. The minimum atomic E-state index is -0.815. The largest absolute Gasteiger partial charge is 0.476 e. The van der Waals surface area contributed by atoms with Gasteiger partial charge < -0.3 is 19.1 Å². The van der Waals surface area contributed by atoms with Crippen molar-refractivity contribution in [1.29, 1.82) is 0 Å².